The lowest BCUT2D eigenvalue weighted by molar-refractivity contribution is 0.00393. The maximum atomic E-state index is 11.5. The molecular formula is C15H24N2O3S. The van der Waals surface area contributed by atoms with Crippen LogP contribution in [-0.2, 0) is 14.6 Å². The molecule has 118 valence electrons. The summed E-state index contributed by atoms with van der Waals surface area (Å²) in [7, 11) is -1.07. The zero-order valence-electron chi connectivity index (χ0n) is 12.9. The molecule has 0 radical (unpaired) electrons. The lowest BCUT2D eigenvalue weighted by atomic mass is 10.1. The lowest BCUT2D eigenvalue weighted by Crippen LogP contribution is -2.44. The molecule has 0 aromatic heterocycles. The van der Waals surface area contributed by atoms with E-state index >= 15 is 0 Å². The summed E-state index contributed by atoms with van der Waals surface area (Å²) in [6, 6.07) is 7.33. The first-order chi connectivity index (χ1) is 9.88. The summed E-state index contributed by atoms with van der Waals surface area (Å²) in [5.41, 5.74) is 1.11. The minimum Gasteiger partial charge on any atom is -0.374 e. The Morgan fingerprint density at radius 1 is 1.38 bits per heavy atom. The number of likely N-dealkylation sites (N-methyl/N-ethyl adjacent to an activating group) is 1. The highest BCUT2D eigenvalue weighted by Gasteiger charge is 2.19. The summed E-state index contributed by atoms with van der Waals surface area (Å²) in [5, 5.41) is 3.32. The third kappa shape index (κ3) is 4.51. The molecule has 0 aliphatic carbocycles. The molecule has 1 fully saturated rings. The average Bonchev–Trinajstić information content (AvgIpc) is 2.46. The highest BCUT2D eigenvalue weighted by atomic mass is 32.2. The van der Waals surface area contributed by atoms with Gasteiger partial charge in [-0.3, -0.25) is 4.90 Å². The monoisotopic (exact) mass is 312 g/mol. The van der Waals surface area contributed by atoms with Crippen molar-refractivity contribution >= 4 is 9.84 Å². The highest BCUT2D eigenvalue weighted by Crippen LogP contribution is 2.21. The van der Waals surface area contributed by atoms with Gasteiger partial charge in [-0.25, -0.2) is 8.42 Å². The summed E-state index contributed by atoms with van der Waals surface area (Å²) in [4.78, 5) is 2.59. The van der Waals surface area contributed by atoms with Gasteiger partial charge in [0.05, 0.1) is 17.6 Å². The minimum atomic E-state index is -3.13. The molecule has 0 amide bonds. The smallest absolute Gasteiger partial charge is 0.175 e. The third-order valence-corrected chi connectivity index (χ3v) is 5.08. The van der Waals surface area contributed by atoms with Crippen LogP contribution in [0.1, 0.15) is 18.5 Å². The molecule has 1 aliphatic rings. The van der Waals surface area contributed by atoms with Crippen LogP contribution in [0, 0.1) is 0 Å². The molecule has 1 aromatic carbocycles. The van der Waals surface area contributed by atoms with Crippen molar-refractivity contribution in [3.05, 3.63) is 29.8 Å². The molecule has 1 heterocycles. The molecule has 2 unspecified atom stereocenters. The number of hydrogen-bond donors (Lipinski definition) is 1. The molecule has 0 bridgehead atoms. The summed E-state index contributed by atoms with van der Waals surface area (Å²) < 4.78 is 28.7. The number of morpholine rings is 1. The van der Waals surface area contributed by atoms with Crippen molar-refractivity contribution in [1.82, 2.24) is 10.2 Å². The number of rotatable bonds is 5. The van der Waals surface area contributed by atoms with Crippen molar-refractivity contribution in [2.24, 2.45) is 0 Å². The molecule has 1 aromatic rings. The SMILES string of the molecule is CC(c1ccc(S(C)(=O)=O)cc1)N(C)CC1CNCCO1. The van der Waals surface area contributed by atoms with Crippen LogP contribution < -0.4 is 5.32 Å². The van der Waals surface area contributed by atoms with E-state index in [-0.39, 0.29) is 12.1 Å². The van der Waals surface area contributed by atoms with Crippen LogP contribution in [0.2, 0.25) is 0 Å². The largest absolute Gasteiger partial charge is 0.374 e. The maximum absolute atomic E-state index is 11.5. The van der Waals surface area contributed by atoms with Crippen LogP contribution in [0.25, 0.3) is 0 Å². The van der Waals surface area contributed by atoms with Crippen molar-refractivity contribution in [2.45, 2.75) is 24.0 Å². The van der Waals surface area contributed by atoms with Crippen LogP contribution in [-0.4, -0.2) is 59.0 Å². The van der Waals surface area contributed by atoms with Gasteiger partial charge in [-0.05, 0) is 31.7 Å². The number of ether oxygens (including phenoxy) is 1. The fraction of sp³-hybridized carbons (Fsp3) is 0.600. The van der Waals surface area contributed by atoms with Gasteiger partial charge >= 0.3 is 0 Å². The normalized spacial score (nSPS) is 21.4. The van der Waals surface area contributed by atoms with E-state index in [0.29, 0.717) is 4.90 Å². The van der Waals surface area contributed by atoms with Gasteiger partial charge in [0.15, 0.2) is 9.84 Å². The molecule has 0 spiro atoms. The van der Waals surface area contributed by atoms with Gasteiger partial charge in [0.1, 0.15) is 0 Å². The molecule has 0 saturated carbocycles. The Morgan fingerprint density at radius 2 is 2.05 bits per heavy atom. The van der Waals surface area contributed by atoms with Gasteiger partial charge in [-0.1, -0.05) is 12.1 Å². The second kappa shape index (κ2) is 6.87. The van der Waals surface area contributed by atoms with Crippen LogP contribution in [0.4, 0.5) is 0 Å². The summed E-state index contributed by atoms with van der Waals surface area (Å²) >= 11 is 0. The Hall–Kier alpha value is -0.950. The molecule has 6 heteroatoms. The number of nitrogens with zero attached hydrogens (tertiary/aromatic N) is 1. The fourth-order valence-electron chi connectivity index (χ4n) is 2.46. The summed E-state index contributed by atoms with van der Waals surface area (Å²) in [6.45, 7) is 5.52. The van der Waals surface area contributed by atoms with Gasteiger partial charge < -0.3 is 10.1 Å². The van der Waals surface area contributed by atoms with Crippen LogP contribution in [0.15, 0.2) is 29.2 Å². The Labute approximate surface area is 127 Å². The lowest BCUT2D eigenvalue weighted by Gasteiger charge is -2.31. The van der Waals surface area contributed by atoms with Crippen LogP contribution in [0.5, 0.6) is 0 Å². The molecule has 21 heavy (non-hydrogen) atoms. The maximum Gasteiger partial charge on any atom is 0.175 e. The van der Waals surface area contributed by atoms with E-state index in [9.17, 15) is 8.42 Å². The Bertz CT molecular complexity index is 551. The summed E-state index contributed by atoms with van der Waals surface area (Å²) in [6.07, 6.45) is 1.44. The predicted molar refractivity (Wildman–Crippen MR) is 83.2 cm³/mol. The van der Waals surface area contributed by atoms with Crippen LogP contribution >= 0.6 is 0 Å². The average molecular weight is 312 g/mol. The first kappa shape index (κ1) is 16.4. The molecule has 2 rings (SSSR count). The molecule has 1 N–H and O–H groups in total. The van der Waals surface area contributed by atoms with E-state index in [1.54, 1.807) is 12.1 Å². The zero-order valence-corrected chi connectivity index (χ0v) is 13.7. The Kier molecular flexibility index (Phi) is 5.37. The highest BCUT2D eigenvalue weighted by molar-refractivity contribution is 7.90. The van der Waals surface area contributed by atoms with E-state index in [2.05, 4.69) is 24.2 Å². The Balaban J connectivity index is 1.99. The Morgan fingerprint density at radius 3 is 2.57 bits per heavy atom. The zero-order chi connectivity index (χ0) is 15.5. The second-order valence-electron chi connectivity index (χ2n) is 5.65. The van der Waals surface area contributed by atoms with E-state index in [4.69, 9.17) is 4.74 Å². The fourth-order valence-corrected chi connectivity index (χ4v) is 3.09. The van der Waals surface area contributed by atoms with Crippen LogP contribution in [0.3, 0.4) is 0 Å². The predicted octanol–water partition coefficient (Wildman–Crippen LogP) is 1.07. The minimum absolute atomic E-state index is 0.210. The van der Waals surface area contributed by atoms with Gasteiger partial charge in [0.2, 0.25) is 0 Å². The number of benzene rings is 1. The first-order valence-corrected chi connectivity index (χ1v) is 9.09. The molecule has 1 aliphatic heterocycles. The van der Waals surface area contributed by atoms with Crippen molar-refractivity contribution in [2.75, 3.05) is 39.5 Å². The number of hydrogen-bond acceptors (Lipinski definition) is 5. The number of sulfone groups is 1. The van der Waals surface area contributed by atoms with Gasteiger partial charge in [0.25, 0.3) is 0 Å². The van der Waals surface area contributed by atoms with Gasteiger partial charge in [0, 0.05) is 31.9 Å². The van der Waals surface area contributed by atoms with Crippen molar-refractivity contribution in [1.29, 1.82) is 0 Å². The quantitative estimate of drug-likeness (QED) is 0.881. The molecule has 1 saturated heterocycles. The second-order valence-corrected chi connectivity index (χ2v) is 7.67. The summed E-state index contributed by atoms with van der Waals surface area (Å²) in [5.74, 6) is 0. The standard InChI is InChI=1S/C15H24N2O3S/c1-12(17(2)11-14-10-16-8-9-20-14)13-4-6-15(7-5-13)21(3,18)19/h4-7,12,14,16H,8-11H2,1-3H3. The number of nitrogens with one attached hydrogen (secondary N) is 1. The van der Waals surface area contributed by atoms with E-state index < -0.39 is 9.84 Å². The van der Waals surface area contributed by atoms with Crippen molar-refractivity contribution in [3.63, 3.8) is 0 Å². The molecule has 5 nitrogen and oxygen atoms in total. The van der Waals surface area contributed by atoms with Gasteiger partial charge in [-0.15, -0.1) is 0 Å². The van der Waals surface area contributed by atoms with E-state index in [1.807, 2.05) is 12.1 Å². The first-order valence-electron chi connectivity index (χ1n) is 7.20. The van der Waals surface area contributed by atoms with E-state index in [1.165, 1.54) is 6.26 Å². The topological polar surface area (TPSA) is 58.6 Å². The van der Waals surface area contributed by atoms with E-state index in [0.717, 1.165) is 31.8 Å². The third-order valence-electron chi connectivity index (χ3n) is 3.95. The van der Waals surface area contributed by atoms with Gasteiger partial charge in [-0.2, -0.15) is 0 Å². The molecular weight excluding hydrogens is 288 g/mol. The van der Waals surface area contributed by atoms with Crippen molar-refractivity contribution < 1.29 is 13.2 Å². The van der Waals surface area contributed by atoms with Crippen molar-refractivity contribution in [3.8, 4) is 0 Å². The molecule has 2 atom stereocenters.